The van der Waals surface area contributed by atoms with E-state index in [4.69, 9.17) is 9.47 Å². The van der Waals surface area contributed by atoms with E-state index in [0.717, 1.165) is 12.8 Å². The van der Waals surface area contributed by atoms with Gasteiger partial charge in [0, 0.05) is 17.6 Å². The summed E-state index contributed by atoms with van der Waals surface area (Å²) in [5, 5.41) is 0. The van der Waals surface area contributed by atoms with Gasteiger partial charge >= 0.3 is 0 Å². The molecule has 1 aromatic carbocycles. The third-order valence-corrected chi connectivity index (χ3v) is 6.15. The molecule has 0 bridgehead atoms. The molecule has 3 aliphatic rings. The standard InChI is InChI=1S/C15H17NO5S/c17-15(10-1-4-13-14(7-10)21-9-20-13)16(11-2-3-11)12-5-6-22(18,19)8-12/h1,4,7,11-12H,2-3,5-6,8-9H2. The zero-order valence-electron chi connectivity index (χ0n) is 12.0. The van der Waals surface area contributed by atoms with Gasteiger partial charge in [-0.3, -0.25) is 4.79 Å². The number of hydrogen-bond donors (Lipinski definition) is 0. The fraction of sp³-hybridized carbons (Fsp3) is 0.533. The van der Waals surface area contributed by atoms with Gasteiger partial charge in [-0.15, -0.1) is 0 Å². The number of hydrogen-bond acceptors (Lipinski definition) is 5. The number of amides is 1. The molecule has 0 spiro atoms. The highest BCUT2D eigenvalue weighted by atomic mass is 32.2. The van der Waals surface area contributed by atoms with E-state index < -0.39 is 9.84 Å². The lowest BCUT2D eigenvalue weighted by Crippen LogP contribution is -2.42. The molecule has 1 unspecified atom stereocenters. The third-order valence-electron chi connectivity index (χ3n) is 4.40. The summed E-state index contributed by atoms with van der Waals surface area (Å²) in [6, 6.07) is 5.11. The van der Waals surface area contributed by atoms with E-state index in [1.54, 1.807) is 23.1 Å². The van der Waals surface area contributed by atoms with Crippen molar-refractivity contribution in [2.75, 3.05) is 18.3 Å². The van der Waals surface area contributed by atoms with Crippen molar-refractivity contribution in [1.29, 1.82) is 0 Å². The molecule has 7 heteroatoms. The lowest BCUT2D eigenvalue weighted by Gasteiger charge is -2.28. The second-order valence-corrected chi connectivity index (χ2v) is 8.30. The Kier molecular flexibility index (Phi) is 3.07. The van der Waals surface area contributed by atoms with Crippen molar-refractivity contribution >= 4 is 15.7 Å². The van der Waals surface area contributed by atoms with Crippen molar-refractivity contribution in [3.8, 4) is 11.5 Å². The topological polar surface area (TPSA) is 72.9 Å². The largest absolute Gasteiger partial charge is 0.454 e. The predicted molar refractivity (Wildman–Crippen MR) is 78.8 cm³/mol. The first-order chi connectivity index (χ1) is 10.5. The molecule has 1 aromatic rings. The van der Waals surface area contributed by atoms with E-state index in [0.29, 0.717) is 23.5 Å². The van der Waals surface area contributed by atoms with Crippen LogP contribution in [0.3, 0.4) is 0 Å². The fourth-order valence-electron chi connectivity index (χ4n) is 3.16. The summed E-state index contributed by atoms with van der Waals surface area (Å²) in [4.78, 5) is 14.6. The van der Waals surface area contributed by atoms with Crippen LogP contribution in [0.15, 0.2) is 18.2 Å². The lowest BCUT2D eigenvalue weighted by atomic mass is 10.1. The quantitative estimate of drug-likeness (QED) is 0.836. The molecule has 0 aromatic heterocycles. The first-order valence-corrected chi connectivity index (χ1v) is 9.28. The first-order valence-electron chi connectivity index (χ1n) is 7.46. The molecule has 1 saturated heterocycles. The highest BCUT2D eigenvalue weighted by molar-refractivity contribution is 7.91. The molecule has 1 saturated carbocycles. The number of fused-ring (bicyclic) bond motifs is 1. The fourth-order valence-corrected chi connectivity index (χ4v) is 4.87. The van der Waals surface area contributed by atoms with Gasteiger partial charge in [-0.25, -0.2) is 8.42 Å². The number of carbonyl (C=O) groups is 1. The van der Waals surface area contributed by atoms with Gasteiger partial charge in [-0.05, 0) is 37.5 Å². The summed E-state index contributed by atoms with van der Waals surface area (Å²) < 4.78 is 34.0. The van der Waals surface area contributed by atoms with E-state index in [9.17, 15) is 13.2 Å². The molecule has 6 nitrogen and oxygen atoms in total. The van der Waals surface area contributed by atoms with Crippen LogP contribution < -0.4 is 9.47 Å². The first kappa shape index (κ1) is 13.9. The summed E-state index contributed by atoms with van der Waals surface area (Å²) in [7, 11) is -3.01. The molecule has 1 atom stereocenters. The van der Waals surface area contributed by atoms with Gasteiger partial charge in [0.05, 0.1) is 11.5 Å². The smallest absolute Gasteiger partial charge is 0.254 e. The number of sulfone groups is 1. The molecule has 0 N–H and O–H groups in total. The molecule has 118 valence electrons. The molecule has 4 rings (SSSR count). The van der Waals surface area contributed by atoms with Crippen LogP contribution in [0.5, 0.6) is 11.5 Å². The van der Waals surface area contributed by atoms with E-state index in [-0.39, 0.29) is 36.3 Å². The van der Waals surface area contributed by atoms with Crippen LogP contribution in [-0.4, -0.2) is 49.6 Å². The van der Waals surface area contributed by atoms with Gasteiger partial charge in [0.2, 0.25) is 6.79 Å². The normalized spacial score (nSPS) is 25.2. The van der Waals surface area contributed by atoms with E-state index in [2.05, 4.69) is 0 Å². The number of rotatable bonds is 3. The lowest BCUT2D eigenvalue weighted by molar-refractivity contribution is 0.0680. The van der Waals surface area contributed by atoms with Crippen molar-refractivity contribution in [3.63, 3.8) is 0 Å². The van der Waals surface area contributed by atoms with Crippen molar-refractivity contribution in [3.05, 3.63) is 23.8 Å². The van der Waals surface area contributed by atoms with Crippen LogP contribution >= 0.6 is 0 Å². The Morgan fingerprint density at radius 2 is 1.86 bits per heavy atom. The van der Waals surface area contributed by atoms with Crippen molar-refractivity contribution < 1.29 is 22.7 Å². The Hall–Kier alpha value is -1.76. The van der Waals surface area contributed by atoms with Crippen molar-refractivity contribution in [1.82, 2.24) is 4.90 Å². The minimum Gasteiger partial charge on any atom is -0.454 e. The highest BCUT2D eigenvalue weighted by Crippen LogP contribution is 2.36. The van der Waals surface area contributed by atoms with Gasteiger partial charge in [0.25, 0.3) is 5.91 Å². The third kappa shape index (κ3) is 2.43. The average Bonchev–Trinajstić information content (AvgIpc) is 3.08. The van der Waals surface area contributed by atoms with Crippen LogP contribution in [-0.2, 0) is 9.84 Å². The van der Waals surface area contributed by atoms with Gasteiger partial charge in [0.1, 0.15) is 0 Å². The number of ether oxygens (including phenoxy) is 2. The Morgan fingerprint density at radius 1 is 1.09 bits per heavy atom. The van der Waals surface area contributed by atoms with Crippen LogP contribution in [0.2, 0.25) is 0 Å². The summed E-state index contributed by atoms with van der Waals surface area (Å²) in [5.41, 5.74) is 0.528. The Labute approximate surface area is 128 Å². The Balaban J connectivity index is 1.61. The number of nitrogens with zero attached hydrogens (tertiary/aromatic N) is 1. The maximum Gasteiger partial charge on any atom is 0.254 e. The molecule has 22 heavy (non-hydrogen) atoms. The second kappa shape index (κ2) is 4.87. The molecule has 2 fully saturated rings. The average molecular weight is 323 g/mol. The molecular weight excluding hydrogens is 306 g/mol. The molecule has 1 aliphatic carbocycles. The minimum atomic E-state index is -3.01. The molecular formula is C15H17NO5S. The maximum atomic E-state index is 12.9. The molecule has 2 aliphatic heterocycles. The second-order valence-electron chi connectivity index (χ2n) is 6.07. The summed E-state index contributed by atoms with van der Waals surface area (Å²) in [5.74, 6) is 1.36. The van der Waals surface area contributed by atoms with E-state index >= 15 is 0 Å². The van der Waals surface area contributed by atoms with E-state index in [1.807, 2.05) is 0 Å². The maximum absolute atomic E-state index is 12.9. The van der Waals surface area contributed by atoms with Crippen LogP contribution in [0, 0.1) is 0 Å². The highest BCUT2D eigenvalue weighted by Gasteiger charge is 2.42. The molecule has 1 amide bonds. The minimum absolute atomic E-state index is 0.0831. The van der Waals surface area contributed by atoms with Gasteiger partial charge in [-0.2, -0.15) is 0 Å². The van der Waals surface area contributed by atoms with Crippen LogP contribution in [0.4, 0.5) is 0 Å². The SMILES string of the molecule is O=C(c1ccc2c(c1)OCO2)N(C1CC1)C1CCS(=O)(=O)C1. The van der Waals surface area contributed by atoms with Gasteiger partial charge in [0.15, 0.2) is 21.3 Å². The summed E-state index contributed by atoms with van der Waals surface area (Å²) in [6.45, 7) is 0.167. The van der Waals surface area contributed by atoms with Crippen molar-refractivity contribution in [2.24, 2.45) is 0 Å². The summed E-state index contributed by atoms with van der Waals surface area (Å²) >= 11 is 0. The number of carbonyl (C=O) groups excluding carboxylic acids is 1. The van der Waals surface area contributed by atoms with E-state index in [1.165, 1.54) is 0 Å². The molecule has 0 radical (unpaired) electrons. The molecule has 2 heterocycles. The van der Waals surface area contributed by atoms with Crippen molar-refractivity contribution in [2.45, 2.75) is 31.3 Å². The zero-order chi connectivity index (χ0) is 15.3. The monoisotopic (exact) mass is 323 g/mol. The number of benzene rings is 1. The van der Waals surface area contributed by atoms with Crippen LogP contribution in [0.25, 0.3) is 0 Å². The Bertz CT molecular complexity index is 725. The van der Waals surface area contributed by atoms with Crippen LogP contribution in [0.1, 0.15) is 29.6 Å². The van der Waals surface area contributed by atoms with Gasteiger partial charge in [-0.1, -0.05) is 0 Å². The summed E-state index contributed by atoms with van der Waals surface area (Å²) in [6.07, 6.45) is 2.44. The van der Waals surface area contributed by atoms with Gasteiger partial charge < -0.3 is 14.4 Å². The predicted octanol–water partition coefficient (Wildman–Crippen LogP) is 1.21. The Morgan fingerprint density at radius 3 is 2.55 bits per heavy atom. The zero-order valence-corrected chi connectivity index (χ0v) is 12.8.